The predicted molar refractivity (Wildman–Crippen MR) is 370 cm³/mol. The van der Waals surface area contributed by atoms with Crippen molar-refractivity contribution in [3.05, 3.63) is 24.3 Å². The maximum atomic E-state index is 14.3. The Morgan fingerprint density at radius 3 is 1.11 bits per heavy atom. The van der Waals surface area contributed by atoms with Crippen molar-refractivity contribution in [2.75, 3.05) is 26.4 Å². The van der Waals surface area contributed by atoms with E-state index in [1.54, 1.807) is 0 Å². The first kappa shape index (κ1) is 89.7. The summed E-state index contributed by atoms with van der Waals surface area (Å²) >= 11 is 0. The molecule has 2 saturated heterocycles. The van der Waals surface area contributed by atoms with E-state index < -0.39 is 156 Å². The summed E-state index contributed by atoms with van der Waals surface area (Å²) in [5, 5.41) is 110. The van der Waals surface area contributed by atoms with Gasteiger partial charge in [0.25, 0.3) is 0 Å². The number of hydrogen-bond donors (Lipinski definition) is 11. The average molecular weight is 1430 g/mol. The zero-order chi connectivity index (χ0) is 71.8. The van der Waals surface area contributed by atoms with Crippen molar-refractivity contribution in [2.24, 2.45) is 0 Å². The highest BCUT2D eigenvalue weighted by atomic mass is 31.2. The number of hydrogen-bond acceptors (Lipinski definition) is 23. The second kappa shape index (κ2) is 55.0. The summed E-state index contributed by atoms with van der Waals surface area (Å²) in [6, 6.07) is 0. The minimum Gasteiger partial charge on any atom is -0.463 e. The third-order valence-corrected chi connectivity index (χ3v) is 19.7. The van der Waals surface area contributed by atoms with Gasteiger partial charge in [-0.3, -0.25) is 23.4 Å². The molecule has 11 N–H and O–H groups in total. The number of unbranched alkanes of at least 4 members (excludes halogenated alkanes) is 34. The van der Waals surface area contributed by atoms with Gasteiger partial charge >= 0.3 is 25.7 Å². The molecule has 0 spiro atoms. The number of aliphatic hydroxyl groups is 10. The van der Waals surface area contributed by atoms with E-state index >= 15 is 0 Å². The molecule has 0 bridgehead atoms. The van der Waals surface area contributed by atoms with Crippen LogP contribution in [0.3, 0.4) is 0 Å². The van der Waals surface area contributed by atoms with Gasteiger partial charge in [-0.1, -0.05) is 225 Å². The number of esters is 3. The molecule has 3 rings (SSSR count). The second-order valence-corrected chi connectivity index (χ2v) is 28.8. The largest absolute Gasteiger partial charge is 0.472 e. The smallest absolute Gasteiger partial charge is 0.463 e. The van der Waals surface area contributed by atoms with Gasteiger partial charge in [-0.2, -0.15) is 0 Å². The van der Waals surface area contributed by atoms with E-state index in [0.717, 1.165) is 96.3 Å². The van der Waals surface area contributed by atoms with Gasteiger partial charge in [0.05, 0.1) is 13.2 Å². The lowest BCUT2D eigenvalue weighted by atomic mass is 9.84. The first-order chi connectivity index (χ1) is 47.3. The highest BCUT2D eigenvalue weighted by Gasteiger charge is 2.58. The molecule has 574 valence electrons. The number of phosphoric acid groups is 1. The molecule has 18 atom stereocenters. The van der Waals surface area contributed by atoms with E-state index in [-0.39, 0.29) is 19.3 Å². The van der Waals surface area contributed by atoms with Gasteiger partial charge in [0.2, 0.25) is 0 Å². The fourth-order valence-corrected chi connectivity index (χ4v) is 13.4. The predicted octanol–water partition coefficient (Wildman–Crippen LogP) is 10.5. The normalized spacial score (nSPS) is 27.7. The Kier molecular flexibility index (Phi) is 50.3. The molecule has 18 unspecified atom stereocenters. The van der Waals surface area contributed by atoms with Crippen LogP contribution in [0.15, 0.2) is 24.3 Å². The van der Waals surface area contributed by atoms with Crippen LogP contribution < -0.4 is 0 Å². The standard InChI is InChI=1S/C73H133O24P/c1-4-7-10-13-16-19-22-25-27-28-31-34-37-40-43-46-49-59(77)92-54(51-89-57(75)47-44-41-38-35-33-30-26-23-20-17-14-11-8-5-2)52-91-98(87,88)97-71-69(95-72-67(85)62(80)60(78)55(50-74)93-72)65(83)64(82)66(84)70(71)96-73-68(86)63(81)61(79)56(94-73)53-90-58(76)48-45-42-39-36-32-29-24-21-18-15-12-9-6-3/h29-30,32-33,54-56,60-74,78-86H,4-28,31,34-53H2,1-3H3,(H,87,88)/b32-29-,33-30-. The first-order valence-corrected chi connectivity index (χ1v) is 39.6. The monoisotopic (exact) mass is 1420 g/mol. The molecule has 3 aliphatic rings. The number of ether oxygens (including phenoxy) is 7. The van der Waals surface area contributed by atoms with Crippen molar-refractivity contribution in [1.29, 1.82) is 0 Å². The van der Waals surface area contributed by atoms with Crippen molar-refractivity contribution < 1.29 is 117 Å². The second-order valence-electron chi connectivity index (χ2n) is 27.4. The van der Waals surface area contributed by atoms with Crippen LogP contribution >= 0.6 is 7.82 Å². The quantitative estimate of drug-likeness (QED) is 0.00886. The van der Waals surface area contributed by atoms with Crippen LogP contribution in [0.1, 0.15) is 290 Å². The average Bonchev–Trinajstić information content (AvgIpc) is 0.764. The molecule has 1 aliphatic carbocycles. The van der Waals surface area contributed by atoms with Crippen molar-refractivity contribution >= 4 is 25.7 Å². The minimum absolute atomic E-state index is 0.00775. The zero-order valence-electron chi connectivity index (χ0n) is 59.8. The van der Waals surface area contributed by atoms with E-state index in [9.17, 15) is 74.9 Å². The van der Waals surface area contributed by atoms with E-state index in [1.807, 2.05) is 0 Å². The topological polar surface area (TPSA) is 374 Å². The molecule has 25 heteroatoms. The van der Waals surface area contributed by atoms with Crippen molar-refractivity contribution in [3.63, 3.8) is 0 Å². The van der Waals surface area contributed by atoms with E-state index in [4.69, 9.17) is 42.2 Å². The van der Waals surface area contributed by atoms with Crippen molar-refractivity contribution in [3.8, 4) is 0 Å². The molecule has 24 nitrogen and oxygen atoms in total. The molecule has 0 aromatic heterocycles. The lowest BCUT2D eigenvalue weighted by Gasteiger charge is -2.49. The van der Waals surface area contributed by atoms with E-state index in [0.29, 0.717) is 19.3 Å². The molecule has 98 heavy (non-hydrogen) atoms. The molecular formula is C73H133O24P. The van der Waals surface area contributed by atoms with Crippen LogP contribution in [-0.4, -0.2) is 204 Å². The van der Waals surface area contributed by atoms with Gasteiger partial charge in [-0.25, -0.2) is 4.57 Å². The summed E-state index contributed by atoms with van der Waals surface area (Å²) < 4.78 is 65.0. The maximum Gasteiger partial charge on any atom is 0.472 e. The first-order valence-electron chi connectivity index (χ1n) is 38.1. The van der Waals surface area contributed by atoms with Gasteiger partial charge in [0.1, 0.15) is 98.7 Å². The summed E-state index contributed by atoms with van der Waals surface area (Å²) in [6.07, 6.45) is 15.3. The summed E-state index contributed by atoms with van der Waals surface area (Å²) in [4.78, 5) is 51.0. The zero-order valence-corrected chi connectivity index (χ0v) is 60.7. The molecular weight excluding hydrogens is 1290 g/mol. The van der Waals surface area contributed by atoms with E-state index in [1.165, 1.54) is 135 Å². The van der Waals surface area contributed by atoms with Gasteiger partial charge < -0.3 is 89.1 Å². The van der Waals surface area contributed by atoms with Crippen LogP contribution in [-0.2, 0) is 61.2 Å². The Hall–Kier alpha value is -2.56. The summed E-state index contributed by atoms with van der Waals surface area (Å²) in [6.45, 7) is 3.42. The summed E-state index contributed by atoms with van der Waals surface area (Å²) in [5.41, 5.74) is 0. The number of carbonyl (C=O) groups excluding carboxylic acids is 3. The Bertz CT molecular complexity index is 2120. The van der Waals surface area contributed by atoms with Crippen molar-refractivity contribution in [2.45, 2.75) is 395 Å². The Morgan fingerprint density at radius 1 is 0.388 bits per heavy atom. The third-order valence-electron chi connectivity index (χ3n) is 18.7. The van der Waals surface area contributed by atoms with Crippen LogP contribution in [0, 0.1) is 0 Å². The lowest BCUT2D eigenvalue weighted by Crippen LogP contribution is -2.69. The SMILES string of the molecule is CCCCCCCC/C=C\CCCCCC(=O)OCC1OC(OC2C(O)C(O)C(O)C(OC3OC(CO)C(O)C(O)C3O)C2OP(=O)(O)OCC(COC(=O)CCCCC/C=C\CCCCCCCCC)OC(=O)CCCCCCCCCCCCCCCCCC)C(O)C(O)C1O. The fraction of sp³-hybridized carbons (Fsp3) is 0.904. The maximum absolute atomic E-state index is 14.3. The molecule has 0 aromatic rings. The third kappa shape index (κ3) is 37.7. The molecule has 3 fully saturated rings. The van der Waals surface area contributed by atoms with Crippen LogP contribution in [0.4, 0.5) is 0 Å². The van der Waals surface area contributed by atoms with Gasteiger partial charge in [-0.15, -0.1) is 0 Å². The highest BCUT2D eigenvalue weighted by Crippen LogP contribution is 2.49. The van der Waals surface area contributed by atoms with Gasteiger partial charge in [0, 0.05) is 19.3 Å². The Balaban J connectivity index is 1.74. The summed E-state index contributed by atoms with van der Waals surface area (Å²) in [5.74, 6) is -2.02. The van der Waals surface area contributed by atoms with Crippen molar-refractivity contribution in [1.82, 2.24) is 0 Å². The molecule has 0 aromatic carbocycles. The van der Waals surface area contributed by atoms with Gasteiger partial charge in [0.15, 0.2) is 18.7 Å². The molecule has 0 amide bonds. The van der Waals surface area contributed by atoms with Crippen LogP contribution in [0.25, 0.3) is 0 Å². The Morgan fingerprint density at radius 2 is 0.714 bits per heavy atom. The Labute approximate surface area is 585 Å². The van der Waals surface area contributed by atoms with Gasteiger partial charge in [-0.05, 0) is 70.6 Å². The number of rotatable bonds is 59. The van der Waals surface area contributed by atoms with Crippen LogP contribution in [0.2, 0.25) is 0 Å². The fourth-order valence-electron chi connectivity index (χ4n) is 12.5. The lowest BCUT2D eigenvalue weighted by molar-refractivity contribution is -0.360. The van der Waals surface area contributed by atoms with E-state index in [2.05, 4.69) is 45.1 Å². The molecule has 1 saturated carbocycles. The molecule has 2 heterocycles. The number of aliphatic hydroxyl groups excluding tert-OH is 10. The number of phosphoric ester groups is 1. The molecule has 0 radical (unpaired) electrons. The highest BCUT2D eigenvalue weighted by molar-refractivity contribution is 7.47. The summed E-state index contributed by atoms with van der Waals surface area (Å²) in [7, 11) is -5.70. The molecule has 2 aliphatic heterocycles. The minimum atomic E-state index is -5.70. The number of carbonyl (C=O) groups is 3. The number of allylic oxidation sites excluding steroid dienone is 4. The van der Waals surface area contributed by atoms with Crippen LogP contribution in [0.5, 0.6) is 0 Å².